The number of amides is 3. The number of halogens is 1. The summed E-state index contributed by atoms with van der Waals surface area (Å²) >= 11 is 4.37. The van der Waals surface area contributed by atoms with Gasteiger partial charge in [-0.1, -0.05) is 24.3 Å². The second kappa shape index (κ2) is 12.3. The van der Waals surface area contributed by atoms with Crippen LogP contribution in [0.3, 0.4) is 0 Å². The third kappa shape index (κ3) is 7.05. The average molecular weight is 596 g/mol. The number of imide groups is 1. The van der Waals surface area contributed by atoms with Crippen molar-refractivity contribution in [2.45, 2.75) is 20.8 Å². The molecule has 0 radical (unpaired) electrons. The molecule has 0 unspecified atom stereocenters. The van der Waals surface area contributed by atoms with E-state index in [0.29, 0.717) is 22.1 Å². The molecule has 0 bridgehead atoms. The van der Waals surface area contributed by atoms with E-state index >= 15 is 0 Å². The van der Waals surface area contributed by atoms with Crippen molar-refractivity contribution in [3.05, 3.63) is 92.3 Å². The zero-order chi connectivity index (χ0) is 27.2. The monoisotopic (exact) mass is 594 g/mol. The summed E-state index contributed by atoms with van der Waals surface area (Å²) in [5.41, 5.74) is 4.70. The number of nitrogens with zero attached hydrogens (tertiary/aromatic N) is 1. The Balaban J connectivity index is 1.29. The normalized spacial score (nSPS) is 14.2. The zero-order valence-corrected chi connectivity index (χ0v) is 23.6. The van der Waals surface area contributed by atoms with E-state index in [0.717, 1.165) is 38.5 Å². The lowest BCUT2D eigenvalue weighted by atomic mass is 10.1. The van der Waals surface area contributed by atoms with Gasteiger partial charge in [0.2, 0.25) is 0 Å². The van der Waals surface area contributed by atoms with Crippen molar-refractivity contribution in [1.29, 1.82) is 0 Å². The molecule has 7 nitrogen and oxygen atoms in total. The van der Waals surface area contributed by atoms with Crippen LogP contribution < -0.4 is 14.8 Å². The Bertz CT molecular complexity index is 1400. The minimum absolute atomic E-state index is 0.151. The van der Waals surface area contributed by atoms with Gasteiger partial charge in [0.1, 0.15) is 18.1 Å². The molecule has 1 N–H and O–H groups in total. The number of anilines is 1. The number of thioether (sulfide) groups is 1. The molecule has 4 rings (SSSR count). The molecule has 1 heterocycles. The molecule has 3 aromatic rings. The smallest absolute Gasteiger partial charge is 0.293 e. The highest BCUT2D eigenvalue weighted by Crippen LogP contribution is 2.32. The highest BCUT2D eigenvalue weighted by molar-refractivity contribution is 9.10. The maximum Gasteiger partial charge on any atom is 0.293 e. The first kappa shape index (κ1) is 27.5. The molecule has 3 amide bonds. The number of aryl methyl sites for hydroxylation is 3. The Kier molecular flexibility index (Phi) is 8.91. The molecular formula is C29H27BrN2O5S. The Labute approximate surface area is 234 Å². The SMILES string of the molecule is Cc1cccc(OCCN2C(=O)S/C(=C\c3ccc(OCC(=O)Nc4cc(C)c(C)cc4Br)cc3)C2=O)c1. The summed E-state index contributed by atoms with van der Waals surface area (Å²) in [4.78, 5) is 39.0. The van der Waals surface area contributed by atoms with Crippen molar-refractivity contribution >= 4 is 56.5 Å². The van der Waals surface area contributed by atoms with Crippen LogP contribution in [0, 0.1) is 20.8 Å². The molecular weight excluding hydrogens is 568 g/mol. The molecule has 1 saturated heterocycles. The largest absolute Gasteiger partial charge is 0.492 e. The maximum absolute atomic E-state index is 12.8. The minimum atomic E-state index is -0.345. The summed E-state index contributed by atoms with van der Waals surface area (Å²) in [5.74, 6) is 0.587. The number of ether oxygens (including phenoxy) is 2. The summed E-state index contributed by atoms with van der Waals surface area (Å²) in [6.07, 6.45) is 1.67. The van der Waals surface area contributed by atoms with Crippen LogP contribution in [0.2, 0.25) is 0 Å². The van der Waals surface area contributed by atoms with Crippen LogP contribution in [0.25, 0.3) is 6.08 Å². The number of rotatable bonds is 9. The fraction of sp³-hybridized carbons (Fsp3) is 0.207. The van der Waals surface area contributed by atoms with Gasteiger partial charge in [0.15, 0.2) is 6.61 Å². The Morgan fingerprint density at radius 3 is 2.45 bits per heavy atom. The van der Waals surface area contributed by atoms with Crippen LogP contribution in [-0.4, -0.2) is 41.7 Å². The Hall–Kier alpha value is -3.56. The molecule has 0 saturated carbocycles. The van der Waals surface area contributed by atoms with Gasteiger partial charge in [-0.05, 0) is 113 Å². The lowest BCUT2D eigenvalue weighted by molar-refractivity contribution is -0.123. The first-order valence-corrected chi connectivity index (χ1v) is 13.5. The standard InChI is InChI=1S/C29H27BrN2O5S/c1-18-5-4-6-23(13-18)36-12-11-32-28(34)26(38-29(32)35)16-21-7-9-22(10-8-21)37-17-27(33)31-25-15-20(3)19(2)14-24(25)30/h4-10,13-16H,11-12,17H2,1-3H3,(H,31,33)/b26-16-. The van der Waals surface area contributed by atoms with E-state index in [9.17, 15) is 14.4 Å². The molecule has 3 aromatic carbocycles. The van der Waals surface area contributed by atoms with Crippen LogP contribution in [-0.2, 0) is 9.59 Å². The van der Waals surface area contributed by atoms with E-state index in [2.05, 4.69) is 21.2 Å². The summed E-state index contributed by atoms with van der Waals surface area (Å²) < 4.78 is 12.1. The van der Waals surface area contributed by atoms with Gasteiger partial charge in [-0.25, -0.2) is 0 Å². The number of hydrogen-bond donors (Lipinski definition) is 1. The highest BCUT2D eigenvalue weighted by Gasteiger charge is 2.34. The van der Waals surface area contributed by atoms with E-state index in [-0.39, 0.29) is 36.8 Å². The van der Waals surface area contributed by atoms with Crippen LogP contribution in [0.1, 0.15) is 22.3 Å². The molecule has 0 atom stereocenters. The summed E-state index contributed by atoms with van der Waals surface area (Å²) in [6.45, 7) is 6.19. The molecule has 1 fully saturated rings. The first-order chi connectivity index (χ1) is 18.2. The van der Waals surface area contributed by atoms with E-state index in [1.54, 1.807) is 30.3 Å². The highest BCUT2D eigenvalue weighted by atomic mass is 79.9. The Morgan fingerprint density at radius 2 is 1.71 bits per heavy atom. The van der Waals surface area contributed by atoms with Crippen LogP contribution >= 0.6 is 27.7 Å². The van der Waals surface area contributed by atoms with Crippen molar-refractivity contribution in [1.82, 2.24) is 4.90 Å². The molecule has 0 aromatic heterocycles. The molecule has 196 valence electrons. The maximum atomic E-state index is 12.8. The van der Waals surface area contributed by atoms with E-state index in [4.69, 9.17) is 9.47 Å². The van der Waals surface area contributed by atoms with Crippen LogP contribution in [0.15, 0.2) is 70.0 Å². The van der Waals surface area contributed by atoms with Gasteiger partial charge in [0.25, 0.3) is 17.1 Å². The molecule has 1 aliphatic heterocycles. The predicted octanol–water partition coefficient (Wildman–Crippen LogP) is 6.51. The van der Waals surface area contributed by atoms with Gasteiger partial charge in [0, 0.05) is 4.47 Å². The Morgan fingerprint density at radius 1 is 0.974 bits per heavy atom. The van der Waals surface area contributed by atoms with E-state index in [1.165, 1.54) is 4.90 Å². The van der Waals surface area contributed by atoms with Crippen LogP contribution in [0.5, 0.6) is 11.5 Å². The van der Waals surface area contributed by atoms with E-state index in [1.807, 2.05) is 57.2 Å². The van der Waals surface area contributed by atoms with Crippen molar-refractivity contribution in [2.75, 3.05) is 25.1 Å². The predicted molar refractivity (Wildman–Crippen MR) is 154 cm³/mol. The molecule has 1 aliphatic rings. The van der Waals surface area contributed by atoms with Gasteiger partial charge in [-0.2, -0.15) is 0 Å². The molecule has 0 spiro atoms. The number of hydrogen-bond acceptors (Lipinski definition) is 6. The number of carbonyl (C=O) groups excluding carboxylic acids is 3. The third-order valence-electron chi connectivity index (χ3n) is 5.85. The molecule has 0 aliphatic carbocycles. The van der Waals surface area contributed by atoms with Crippen molar-refractivity contribution in [2.24, 2.45) is 0 Å². The third-order valence-corrected chi connectivity index (χ3v) is 7.42. The van der Waals surface area contributed by atoms with E-state index < -0.39 is 0 Å². The molecule has 38 heavy (non-hydrogen) atoms. The van der Waals surface area contributed by atoms with Crippen molar-refractivity contribution in [3.63, 3.8) is 0 Å². The van der Waals surface area contributed by atoms with Gasteiger partial charge >= 0.3 is 0 Å². The number of benzene rings is 3. The summed E-state index contributed by atoms with van der Waals surface area (Å²) in [5, 5.41) is 2.52. The number of carbonyl (C=O) groups is 3. The second-order valence-corrected chi connectivity index (χ2v) is 10.7. The summed E-state index contributed by atoms with van der Waals surface area (Å²) in [7, 11) is 0. The average Bonchev–Trinajstić information content (AvgIpc) is 3.14. The lowest BCUT2D eigenvalue weighted by Gasteiger charge is -2.13. The molecule has 9 heteroatoms. The number of nitrogens with one attached hydrogen (secondary N) is 1. The second-order valence-electron chi connectivity index (χ2n) is 8.82. The minimum Gasteiger partial charge on any atom is -0.492 e. The van der Waals surface area contributed by atoms with Gasteiger partial charge in [0.05, 0.1) is 17.1 Å². The zero-order valence-electron chi connectivity index (χ0n) is 21.2. The fourth-order valence-corrected chi connectivity index (χ4v) is 5.10. The fourth-order valence-electron chi connectivity index (χ4n) is 3.68. The quantitative estimate of drug-likeness (QED) is 0.284. The van der Waals surface area contributed by atoms with Crippen LogP contribution in [0.4, 0.5) is 10.5 Å². The van der Waals surface area contributed by atoms with Gasteiger partial charge in [-0.15, -0.1) is 0 Å². The summed E-state index contributed by atoms with van der Waals surface area (Å²) in [6, 6.07) is 18.4. The van der Waals surface area contributed by atoms with Gasteiger partial charge in [-0.3, -0.25) is 19.3 Å². The van der Waals surface area contributed by atoms with Crippen molar-refractivity contribution < 1.29 is 23.9 Å². The topological polar surface area (TPSA) is 84.9 Å². The lowest BCUT2D eigenvalue weighted by Crippen LogP contribution is -2.32. The van der Waals surface area contributed by atoms with Crippen molar-refractivity contribution in [3.8, 4) is 11.5 Å². The first-order valence-electron chi connectivity index (χ1n) is 11.9. The van der Waals surface area contributed by atoms with Gasteiger partial charge < -0.3 is 14.8 Å².